The second-order valence-electron chi connectivity index (χ2n) is 6.47. The van der Waals surface area contributed by atoms with E-state index in [2.05, 4.69) is 15.4 Å². The number of benzene rings is 2. The van der Waals surface area contributed by atoms with E-state index in [4.69, 9.17) is 11.6 Å². The smallest absolute Gasteiger partial charge is 0.340 e. The van der Waals surface area contributed by atoms with Crippen LogP contribution < -0.4 is 10.6 Å². The van der Waals surface area contributed by atoms with Crippen molar-refractivity contribution in [3.63, 3.8) is 0 Å². The van der Waals surface area contributed by atoms with Crippen LogP contribution in [0, 0.1) is 17.6 Å². The summed E-state index contributed by atoms with van der Waals surface area (Å²) < 4.78 is 32.3. The molecule has 0 aromatic heterocycles. The van der Waals surface area contributed by atoms with Gasteiger partial charge in [0.1, 0.15) is 17.7 Å². The van der Waals surface area contributed by atoms with Gasteiger partial charge in [0, 0.05) is 6.07 Å². The molecule has 154 valence electrons. The van der Waals surface area contributed by atoms with Crippen LogP contribution in [-0.2, 0) is 9.53 Å². The van der Waals surface area contributed by atoms with Crippen molar-refractivity contribution < 1.29 is 27.9 Å². The zero-order valence-corrected chi connectivity index (χ0v) is 16.6. The molecule has 0 radical (unpaired) electrons. The highest BCUT2D eigenvalue weighted by atomic mass is 35.5. The van der Waals surface area contributed by atoms with Gasteiger partial charge in [0.2, 0.25) is 5.91 Å². The normalized spacial score (nSPS) is 11.7. The van der Waals surface area contributed by atoms with E-state index >= 15 is 0 Å². The molecule has 0 heterocycles. The van der Waals surface area contributed by atoms with Crippen LogP contribution in [0.5, 0.6) is 0 Å². The van der Waals surface area contributed by atoms with Crippen LogP contribution in [0.3, 0.4) is 0 Å². The molecule has 0 bridgehead atoms. The summed E-state index contributed by atoms with van der Waals surface area (Å²) in [6, 6.07) is 6.55. The maximum absolute atomic E-state index is 14.1. The van der Waals surface area contributed by atoms with Crippen LogP contribution in [0.2, 0.25) is 5.02 Å². The van der Waals surface area contributed by atoms with Crippen molar-refractivity contribution in [2.45, 2.75) is 19.9 Å². The summed E-state index contributed by atoms with van der Waals surface area (Å²) in [5.41, 5.74) is -0.784. The first kappa shape index (κ1) is 22.3. The first-order valence-corrected chi connectivity index (χ1v) is 8.97. The summed E-state index contributed by atoms with van der Waals surface area (Å²) in [6.45, 7) is 3.36. The summed E-state index contributed by atoms with van der Waals surface area (Å²) in [6.07, 6.45) is 0. The maximum atomic E-state index is 14.1. The van der Waals surface area contributed by atoms with Crippen molar-refractivity contribution in [1.82, 2.24) is 5.32 Å². The predicted octanol–water partition coefficient (Wildman–Crippen LogP) is 3.80. The van der Waals surface area contributed by atoms with E-state index in [1.807, 2.05) is 0 Å². The van der Waals surface area contributed by atoms with E-state index in [9.17, 15) is 23.2 Å². The molecule has 0 aliphatic carbocycles. The van der Waals surface area contributed by atoms with E-state index in [1.54, 1.807) is 26.0 Å². The Balaban J connectivity index is 2.25. The minimum Gasteiger partial charge on any atom is -0.465 e. The molecule has 2 aromatic carbocycles. The monoisotopic (exact) mass is 424 g/mol. The van der Waals surface area contributed by atoms with Gasteiger partial charge in [-0.3, -0.25) is 9.59 Å². The van der Waals surface area contributed by atoms with E-state index in [0.717, 1.165) is 13.2 Å². The number of rotatable bonds is 6. The van der Waals surface area contributed by atoms with Gasteiger partial charge in [-0.1, -0.05) is 37.6 Å². The maximum Gasteiger partial charge on any atom is 0.340 e. The molecular formula is C20H19ClF2N2O4. The third-order valence-electron chi connectivity index (χ3n) is 4.07. The minimum absolute atomic E-state index is 0.175. The van der Waals surface area contributed by atoms with Crippen molar-refractivity contribution in [3.05, 3.63) is 64.2 Å². The second-order valence-corrected chi connectivity index (χ2v) is 6.87. The minimum atomic E-state index is -1.13. The number of hydrogen-bond donors (Lipinski definition) is 2. The Morgan fingerprint density at radius 3 is 2.28 bits per heavy atom. The molecule has 0 aliphatic heterocycles. The molecular weight excluding hydrogens is 406 g/mol. The average Bonchev–Trinajstić information content (AvgIpc) is 2.67. The molecule has 2 amide bonds. The lowest BCUT2D eigenvalue weighted by Crippen LogP contribution is -2.47. The molecule has 29 heavy (non-hydrogen) atoms. The van der Waals surface area contributed by atoms with Crippen LogP contribution in [0.15, 0.2) is 36.4 Å². The van der Waals surface area contributed by atoms with Crippen molar-refractivity contribution in [1.29, 1.82) is 0 Å². The Morgan fingerprint density at radius 2 is 1.69 bits per heavy atom. The number of halogens is 3. The molecule has 0 fully saturated rings. The Hall–Kier alpha value is -3.00. The van der Waals surface area contributed by atoms with Crippen LogP contribution in [0.4, 0.5) is 14.5 Å². The van der Waals surface area contributed by atoms with Crippen LogP contribution in [0.25, 0.3) is 0 Å². The number of hydrogen-bond acceptors (Lipinski definition) is 4. The summed E-state index contributed by atoms with van der Waals surface area (Å²) in [4.78, 5) is 36.7. The van der Waals surface area contributed by atoms with Gasteiger partial charge in [0.05, 0.1) is 28.9 Å². The first-order valence-electron chi connectivity index (χ1n) is 8.59. The average molecular weight is 425 g/mol. The van der Waals surface area contributed by atoms with E-state index in [-0.39, 0.29) is 16.5 Å². The predicted molar refractivity (Wildman–Crippen MR) is 104 cm³/mol. The number of carbonyl (C=O) groups is 3. The number of esters is 1. The molecule has 6 nitrogen and oxygen atoms in total. The van der Waals surface area contributed by atoms with E-state index < -0.39 is 46.7 Å². The van der Waals surface area contributed by atoms with Crippen molar-refractivity contribution in [3.8, 4) is 0 Å². The first-order chi connectivity index (χ1) is 13.6. The van der Waals surface area contributed by atoms with Crippen LogP contribution in [-0.4, -0.2) is 30.9 Å². The Kier molecular flexibility index (Phi) is 7.28. The highest BCUT2D eigenvalue weighted by Gasteiger charge is 2.27. The van der Waals surface area contributed by atoms with Crippen molar-refractivity contribution in [2.24, 2.45) is 5.92 Å². The van der Waals surface area contributed by atoms with Gasteiger partial charge in [0.15, 0.2) is 0 Å². The number of anilines is 1. The Labute approximate surface area is 171 Å². The molecule has 1 atom stereocenters. The Morgan fingerprint density at radius 1 is 1.03 bits per heavy atom. The lowest BCUT2D eigenvalue weighted by atomic mass is 10.0. The Bertz CT molecular complexity index is 950. The van der Waals surface area contributed by atoms with Crippen molar-refractivity contribution >= 4 is 35.1 Å². The summed E-state index contributed by atoms with van der Waals surface area (Å²) in [5, 5.41) is 5.03. The van der Waals surface area contributed by atoms with Gasteiger partial charge >= 0.3 is 5.97 Å². The SMILES string of the molecule is COC(=O)c1cc(NC(=O)C(NC(=O)c2ccccc2Cl)C(C)C)c(F)cc1F. The third kappa shape index (κ3) is 5.29. The van der Waals surface area contributed by atoms with Gasteiger partial charge in [-0.2, -0.15) is 0 Å². The molecule has 0 saturated carbocycles. The number of ether oxygens (including phenoxy) is 1. The fourth-order valence-corrected chi connectivity index (χ4v) is 2.74. The molecule has 2 rings (SSSR count). The molecule has 2 N–H and O–H groups in total. The van der Waals surface area contributed by atoms with Gasteiger partial charge < -0.3 is 15.4 Å². The fourth-order valence-electron chi connectivity index (χ4n) is 2.52. The zero-order chi connectivity index (χ0) is 21.7. The topological polar surface area (TPSA) is 84.5 Å². The largest absolute Gasteiger partial charge is 0.465 e. The number of amides is 2. The quantitative estimate of drug-likeness (QED) is 0.691. The van der Waals surface area contributed by atoms with Crippen LogP contribution in [0.1, 0.15) is 34.6 Å². The molecule has 0 aliphatic rings. The van der Waals surface area contributed by atoms with E-state index in [1.165, 1.54) is 12.1 Å². The molecule has 1 unspecified atom stereocenters. The lowest BCUT2D eigenvalue weighted by molar-refractivity contribution is -0.118. The van der Waals surface area contributed by atoms with Crippen LogP contribution >= 0.6 is 11.6 Å². The van der Waals surface area contributed by atoms with Crippen molar-refractivity contribution in [2.75, 3.05) is 12.4 Å². The molecule has 2 aromatic rings. The molecule has 0 spiro atoms. The highest BCUT2D eigenvalue weighted by molar-refractivity contribution is 6.33. The fraction of sp³-hybridized carbons (Fsp3) is 0.250. The van der Waals surface area contributed by atoms with Gasteiger partial charge in [-0.25, -0.2) is 13.6 Å². The standard InChI is InChI=1S/C20H19ClF2N2O4/c1-10(2)17(25-18(26)11-6-4-5-7-13(11)21)19(27)24-16-8-12(20(28)29-3)14(22)9-15(16)23/h4-10,17H,1-3H3,(H,24,27)(H,25,26). The number of nitrogens with one attached hydrogen (secondary N) is 2. The summed E-state index contributed by atoms with van der Waals surface area (Å²) in [7, 11) is 1.04. The summed E-state index contributed by atoms with van der Waals surface area (Å²) >= 11 is 6.00. The van der Waals surface area contributed by atoms with Gasteiger partial charge in [-0.15, -0.1) is 0 Å². The highest BCUT2D eigenvalue weighted by Crippen LogP contribution is 2.21. The van der Waals surface area contributed by atoms with E-state index in [0.29, 0.717) is 6.07 Å². The second kappa shape index (κ2) is 9.47. The number of carbonyl (C=O) groups excluding carboxylic acids is 3. The molecule has 0 saturated heterocycles. The summed E-state index contributed by atoms with van der Waals surface area (Å²) in [5.74, 6) is -4.93. The van der Waals surface area contributed by atoms with Gasteiger partial charge in [0.25, 0.3) is 5.91 Å². The lowest BCUT2D eigenvalue weighted by Gasteiger charge is -2.22. The number of methoxy groups -OCH3 is 1. The third-order valence-corrected chi connectivity index (χ3v) is 4.40. The molecule has 9 heteroatoms. The zero-order valence-electron chi connectivity index (χ0n) is 15.9. The van der Waals surface area contributed by atoms with Gasteiger partial charge in [-0.05, 0) is 24.1 Å².